The molecular formula is C24H30F2N4O3. The summed E-state index contributed by atoms with van der Waals surface area (Å²) in [7, 11) is 3.44. The zero-order chi connectivity index (χ0) is 23.7. The molecule has 2 aromatic rings. The Morgan fingerprint density at radius 1 is 1.18 bits per heavy atom. The monoisotopic (exact) mass is 460 g/mol. The van der Waals surface area contributed by atoms with Gasteiger partial charge in [0.2, 0.25) is 5.91 Å². The Bertz CT molecular complexity index is 1020. The highest BCUT2D eigenvalue weighted by molar-refractivity contribution is 5.94. The van der Waals surface area contributed by atoms with Crippen LogP contribution in [-0.4, -0.2) is 66.0 Å². The van der Waals surface area contributed by atoms with Crippen molar-refractivity contribution in [1.29, 1.82) is 0 Å². The van der Waals surface area contributed by atoms with Gasteiger partial charge in [-0.1, -0.05) is 18.5 Å². The smallest absolute Gasteiger partial charge is 0.273 e. The van der Waals surface area contributed by atoms with Gasteiger partial charge in [-0.05, 0) is 37.3 Å². The number of amides is 2. The van der Waals surface area contributed by atoms with E-state index in [0.29, 0.717) is 24.9 Å². The van der Waals surface area contributed by atoms with Gasteiger partial charge in [-0.3, -0.25) is 14.5 Å². The molecule has 4 atom stereocenters. The van der Waals surface area contributed by atoms with Crippen LogP contribution in [0.15, 0.2) is 28.8 Å². The van der Waals surface area contributed by atoms with Crippen molar-refractivity contribution in [1.82, 2.24) is 20.3 Å². The van der Waals surface area contributed by atoms with E-state index >= 15 is 0 Å². The SMILES string of the molecule is C[C@@H]1CCC[C@@H]1N1CC[C@@H](NC(=O)c2cc(-c3ccc(F)cc3F)on2)[C@H](C(=O)N(C)C)C1. The maximum atomic E-state index is 14.1. The van der Waals surface area contributed by atoms with Crippen molar-refractivity contribution in [2.24, 2.45) is 11.8 Å². The lowest BCUT2D eigenvalue weighted by atomic mass is 9.88. The highest BCUT2D eigenvalue weighted by atomic mass is 19.1. The second-order valence-corrected chi connectivity index (χ2v) is 9.38. The highest BCUT2D eigenvalue weighted by Crippen LogP contribution is 2.33. The Labute approximate surface area is 192 Å². The molecule has 4 rings (SSSR count). The van der Waals surface area contributed by atoms with Gasteiger partial charge in [0.1, 0.15) is 11.6 Å². The first kappa shape index (κ1) is 23.4. The Balaban J connectivity index is 1.48. The molecule has 1 saturated carbocycles. The number of hydrogen-bond donors (Lipinski definition) is 1. The maximum absolute atomic E-state index is 14.1. The van der Waals surface area contributed by atoms with E-state index in [2.05, 4.69) is 22.3 Å². The van der Waals surface area contributed by atoms with Crippen LogP contribution < -0.4 is 5.32 Å². The van der Waals surface area contributed by atoms with Gasteiger partial charge in [-0.25, -0.2) is 8.78 Å². The van der Waals surface area contributed by atoms with Gasteiger partial charge in [0.25, 0.3) is 5.91 Å². The third kappa shape index (κ3) is 4.93. The summed E-state index contributed by atoms with van der Waals surface area (Å²) in [5, 5.41) is 6.70. The Morgan fingerprint density at radius 3 is 2.64 bits per heavy atom. The number of aromatic nitrogens is 1. The molecule has 1 aliphatic carbocycles. The average Bonchev–Trinajstić information content (AvgIpc) is 3.43. The van der Waals surface area contributed by atoms with Gasteiger partial charge < -0.3 is 14.7 Å². The normalized spacial score (nSPS) is 25.7. The van der Waals surface area contributed by atoms with Crippen molar-refractivity contribution < 1.29 is 22.9 Å². The van der Waals surface area contributed by atoms with Gasteiger partial charge in [0.05, 0.1) is 11.5 Å². The molecule has 33 heavy (non-hydrogen) atoms. The van der Waals surface area contributed by atoms with Crippen LogP contribution >= 0.6 is 0 Å². The second kappa shape index (κ2) is 9.59. The molecule has 1 saturated heterocycles. The van der Waals surface area contributed by atoms with Gasteiger partial charge in [-0.15, -0.1) is 0 Å². The number of hydrogen-bond acceptors (Lipinski definition) is 5. The van der Waals surface area contributed by atoms with Crippen LogP contribution in [0.2, 0.25) is 0 Å². The minimum absolute atomic E-state index is 0.0163. The average molecular weight is 461 g/mol. The van der Waals surface area contributed by atoms with E-state index in [-0.39, 0.29) is 34.9 Å². The quantitative estimate of drug-likeness (QED) is 0.741. The fourth-order valence-electron chi connectivity index (χ4n) is 5.14. The van der Waals surface area contributed by atoms with Crippen molar-refractivity contribution in [3.05, 3.63) is 41.6 Å². The Kier molecular flexibility index (Phi) is 6.78. The summed E-state index contributed by atoms with van der Waals surface area (Å²) in [6, 6.07) is 4.54. The summed E-state index contributed by atoms with van der Waals surface area (Å²) >= 11 is 0. The van der Waals surface area contributed by atoms with Crippen LogP contribution in [0.25, 0.3) is 11.3 Å². The molecule has 7 nitrogen and oxygen atoms in total. The number of likely N-dealkylation sites (tertiary alicyclic amines) is 1. The fraction of sp³-hybridized carbons (Fsp3) is 0.542. The number of nitrogens with zero attached hydrogens (tertiary/aromatic N) is 3. The molecule has 0 bridgehead atoms. The molecule has 2 amide bonds. The first-order valence-corrected chi connectivity index (χ1v) is 11.4. The second-order valence-electron chi connectivity index (χ2n) is 9.38. The molecule has 1 aromatic carbocycles. The fourth-order valence-corrected chi connectivity index (χ4v) is 5.14. The lowest BCUT2D eigenvalue weighted by molar-refractivity contribution is -0.136. The maximum Gasteiger partial charge on any atom is 0.273 e. The van der Waals surface area contributed by atoms with E-state index in [1.165, 1.54) is 25.0 Å². The molecular weight excluding hydrogens is 430 g/mol. The molecule has 0 radical (unpaired) electrons. The minimum Gasteiger partial charge on any atom is -0.355 e. The number of halogens is 2. The predicted molar refractivity (Wildman–Crippen MR) is 118 cm³/mol. The van der Waals surface area contributed by atoms with E-state index in [4.69, 9.17) is 4.52 Å². The van der Waals surface area contributed by atoms with Gasteiger partial charge in [-0.2, -0.15) is 0 Å². The summed E-state index contributed by atoms with van der Waals surface area (Å²) in [4.78, 5) is 29.8. The molecule has 1 aliphatic heterocycles. The molecule has 9 heteroatoms. The molecule has 2 aliphatic rings. The molecule has 0 spiro atoms. The van der Waals surface area contributed by atoms with E-state index in [1.807, 2.05) is 0 Å². The third-order valence-electron chi connectivity index (χ3n) is 6.94. The summed E-state index contributed by atoms with van der Waals surface area (Å²) in [5.41, 5.74) is -0.000717. The molecule has 0 unspecified atom stereocenters. The van der Waals surface area contributed by atoms with Crippen LogP contribution in [0, 0.1) is 23.5 Å². The zero-order valence-corrected chi connectivity index (χ0v) is 19.2. The van der Waals surface area contributed by atoms with Crippen molar-refractivity contribution in [2.75, 3.05) is 27.2 Å². The number of rotatable bonds is 5. The lowest BCUT2D eigenvalue weighted by Gasteiger charge is -2.42. The van der Waals surface area contributed by atoms with Crippen LogP contribution in [0.3, 0.4) is 0 Å². The van der Waals surface area contributed by atoms with E-state index in [1.54, 1.807) is 19.0 Å². The van der Waals surface area contributed by atoms with Crippen molar-refractivity contribution >= 4 is 11.8 Å². The molecule has 1 N–H and O–H groups in total. The van der Waals surface area contributed by atoms with Crippen LogP contribution in [0.4, 0.5) is 8.78 Å². The molecule has 2 heterocycles. The summed E-state index contributed by atoms with van der Waals surface area (Å²) in [6.07, 6.45) is 4.20. The van der Waals surface area contributed by atoms with Crippen LogP contribution in [-0.2, 0) is 4.79 Å². The van der Waals surface area contributed by atoms with Gasteiger partial charge in [0.15, 0.2) is 11.5 Å². The van der Waals surface area contributed by atoms with Gasteiger partial charge in [0, 0.05) is 51.4 Å². The van der Waals surface area contributed by atoms with Crippen molar-refractivity contribution in [3.63, 3.8) is 0 Å². The summed E-state index contributed by atoms with van der Waals surface area (Å²) in [5.74, 6) is -1.75. The first-order chi connectivity index (χ1) is 15.7. The summed E-state index contributed by atoms with van der Waals surface area (Å²) < 4.78 is 32.4. The van der Waals surface area contributed by atoms with Gasteiger partial charge >= 0.3 is 0 Å². The van der Waals surface area contributed by atoms with E-state index in [9.17, 15) is 18.4 Å². The highest BCUT2D eigenvalue weighted by Gasteiger charge is 2.40. The molecule has 1 aromatic heterocycles. The lowest BCUT2D eigenvalue weighted by Crippen LogP contribution is -2.57. The number of piperidine rings is 1. The number of carbonyl (C=O) groups excluding carboxylic acids is 2. The van der Waals surface area contributed by atoms with E-state index in [0.717, 1.165) is 25.1 Å². The standard InChI is InChI=1S/C24H30F2N4O3/c1-14-5-4-6-21(14)30-10-9-19(17(13-30)24(32)29(2)3)27-23(31)20-12-22(33-28-20)16-8-7-15(25)11-18(16)26/h7-8,11-12,14,17,19,21H,4-6,9-10,13H2,1-3H3,(H,27,31)/t14-,17-,19-,21+/m1/s1. The number of carbonyl (C=O) groups is 2. The Hall–Kier alpha value is -2.81. The first-order valence-electron chi connectivity index (χ1n) is 11.4. The Morgan fingerprint density at radius 2 is 1.97 bits per heavy atom. The van der Waals surface area contributed by atoms with Crippen LogP contribution in [0.5, 0.6) is 0 Å². The zero-order valence-electron chi connectivity index (χ0n) is 19.2. The summed E-state index contributed by atoms with van der Waals surface area (Å²) in [6.45, 7) is 3.67. The molecule has 2 fully saturated rings. The minimum atomic E-state index is -0.803. The predicted octanol–water partition coefficient (Wildman–Crippen LogP) is 3.32. The van der Waals surface area contributed by atoms with E-state index < -0.39 is 17.5 Å². The largest absolute Gasteiger partial charge is 0.355 e. The van der Waals surface area contributed by atoms with Crippen molar-refractivity contribution in [3.8, 4) is 11.3 Å². The van der Waals surface area contributed by atoms with Crippen LogP contribution in [0.1, 0.15) is 43.1 Å². The number of nitrogens with one attached hydrogen (secondary N) is 1. The molecule has 178 valence electrons. The van der Waals surface area contributed by atoms with Crippen molar-refractivity contribution in [2.45, 2.75) is 44.7 Å². The number of benzene rings is 1. The third-order valence-corrected chi connectivity index (χ3v) is 6.94. The topological polar surface area (TPSA) is 78.7 Å².